The summed E-state index contributed by atoms with van der Waals surface area (Å²) in [4.78, 5) is 14.6. The number of anilines is 1. The highest BCUT2D eigenvalue weighted by Gasteiger charge is 2.33. The molecule has 0 aliphatic rings. The first kappa shape index (κ1) is 14.0. The van der Waals surface area contributed by atoms with Crippen molar-refractivity contribution in [3.8, 4) is 5.75 Å². The number of rotatable bonds is 3. The van der Waals surface area contributed by atoms with Crippen molar-refractivity contribution in [2.75, 3.05) is 12.8 Å². The fraction of sp³-hybridized carbons (Fsp3) is 0.333. The van der Waals surface area contributed by atoms with Crippen molar-refractivity contribution in [1.82, 2.24) is 4.98 Å². The predicted octanol–water partition coefficient (Wildman–Crippen LogP) is 0.808. The number of pyridine rings is 1. The van der Waals surface area contributed by atoms with Crippen molar-refractivity contribution in [2.24, 2.45) is 5.73 Å². The number of methoxy groups -OCH3 is 1. The highest BCUT2D eigenvalue weighted by molar-refractivity contribution is 5.88. The number of esters is 1. The van der Waals surface area contributed by atoms with Gasteiger partial charge in [0, 0.05) is 12.1 Å². The number of aromatic nitrogens is 1. The third-order valence-corrected chi connectivity index (χ3v) is 1.91. The van der Waals surface area contributed by atoms with Gasteiger partial charge in [-0.2, -0.15) is 0 Å². The van der Waals surface area contributed by atoms with Crippen LogP contribution in [0.2, 0.25) is 0 Å². The minimum Gasteiger partial charge on any atom is -0.464 e. The molecule has 100 valence electrons. The van der Waals surface area contributed by atoms with Crippen molar-refractivity contribution < 1.29 is 27.4 Å². The minimum absolute atomic E-state index is 0.0970. The summed E-state index contributed by atoms with van der Waals surface area (Å²) < 4.78 is 44.4. The van der Waals surface area contributed by atoms with Crippen LogP contribution in [-0.4, -0.2) is 24.4 Å². The molecule has 1 aromatic rings. The lowest BCUT2D eigenvalue weighted by molar-refractivity contribution is -0.274. The van der Waals surface area contributed by atoms with Crippen LogP contribution in [0.3, 0.4) is 0 Å². The van der Waals surface area contributed by atoms with Gasteiger partial charge in [-0.05, 0) is 6.07 Å². The topological polar surface area (TPSA) is 100 Å². The van der Waals surface area contributed by atoms with E-state index in [1.165, 1.54) is 0 Å². The number of nitrogen functional groups attached to an aromatic ring is 1. The second-order valence-corrected chi connectivity index (χ2v) is 3.12. The minimum atomic E-state index is -4.92. The van der Waals surface area contributed by atoms with Crippen molar-refractivity contribution in [3.05, 3.63) is 17.3 Å². The zero-order chi connectivity index (χ0) is 13.9. The van der Waals surface area contributed by atoms with Crippen LogP contribution >= 0.6 is 0 Å². The molecule has 18 heavy (non-hydrogen) atoms. The van der Waals surface area contributed by atoms with E-state index in [9.17, 15) is 18.0 Å². The highest BCUT2D eigenvalue weighted by Crippen LogP contribution is 2.31. The number of ether oxygens (including phenoxy) is 2. The van der Waals surface area contributed by atoms with Crippen molar-refractivity contribution in [2.45, 2.75) is 12.9 Å². The van der Waals surface area contributed by atoms with E-state index < -0.39 is 23.9 Å². The number of hydrogen-bond donors (Lipinski definition) is 2. The fourth-order valence-electron chi connectivity index (χ4n) is 1.20. The molecule has 0 aliphatic heterocycles. The summed E-state index contributed by atoms with van der Waals surface area (Å²) >= 11 is 0. The number of carbonyl (C=O) groups excluding carboxylic acids is 1. The number of nitrogens with two attached hydrogens (primary N) is 2. The lowest BCUT2D eigenvalue weighted by Crippen LogP contribution is -2.21. The third kappa shape index (κ3) is 3.23. The number of alkyl halides is 3. The Morgan fingerprint density at radius 2 is 2.11 bits per heavy atom. The van der Waals surface area contributed by atoms with Gasteiger partial charge in [0.25, 0.3) is 0 Å². The van der Waals surface area contributed by atoms with Crippen LogP contribution in [0.25, 0.3) is 0 Å². The molecule has 1 heterocycles. The molecule has 0 saturated heterocycles. The Labute approximate surface area is 99.7 Å². The van der Waals surface area contributed by atoms with E-state index in [1.54, 1.807) is 0 Å². The Bertz CT molecular complexity index is 462. The van der Waals surface area contributed by atoms with Crippen LogP contribution in [0, 0.1) is 0 Å². The van der Waals surface area contributed by atoms with Gasteiger partial charge in [0.05, 0.1) is 7.11 Å². The maximum Gasteiger partial charge on any atom is 0.573 e. The van der Waals surface area contributed by atoms with Gasteiger partial charge in [-0.25, -0.2) is 9.78 Å². The summed E-state index contributed by atoms with van der Waals surface area (Å²) in [6.07, 6.45) is -4.92. The van der Waals surface area contributed by atoms with E-state index in [-0.39, 0.29) is 17.8 Å². The molecule has 0 atom stereocenters. The Morgan fingerprint density at radius 3 is 2.56 bits per heavy atom. The predicted molar refractivity (Wildman–Crippen MR) is 54.6 cm³/mol. The SMILES string of the molecule is COC(=O)c1cc(CN)c(OC(F)(F)F)c(N)n1. The number of hydrogen-bond acceptors (Lipinski definition) is 6. The van der Waals surface area contributed by atoms with E-state index in [0.717, 1.165) is 13.2 Å². The Kier molecular flexibility index (Phi) is 3.96. The lowest BCUT2D eigenvalue weighted by atomic mass is 10.2. The molecule has 0 amide bonds. The van der Waals surface area contributed by atoms with E-state index in [4.69, 9.17) is 11.5 Å². The zero-order valence-electron chi connectivity index (χ0n) is 9.25. The van der Waals surface area contributed by atoms with Gasteiger partial charge in [-0.3, -0.25) is 0 Å². The maximum absolute atomic E-state index is 12.1. The number of halogens is 3. The molecule has 4 N–H and O–H groups in total. The van der Waals surface area contributed by atoms with Gasteiger partial charge in [-0.15, -0.1) is 13.2 Å². The van der Waals surface area contributed by atoms with Gasteiger partial charge in [0.2, 0.25) is 0 Å². The van der Waals surface area contributed by atoms with Gasteiger partial charge < -0.3 is 20.9 Å². The summed E-state index contributed by atoms with van der Waals surface area (Å²) in [5.74, 6) is -2.14. The van der Waals surface area contributed by atoms with Gasteiger partial charge in [0.1, 0.15) is 0 Å². The molecular weight excluding hydrogens is 255 g/mol. The summed E-state index contributed by atoms with van der Waals surface area (Å²) in [5, 5.41) is 0. The van der Waals surface area contributed by atoms with Crippen LogP contribution in [0.5, 0.6) is 5.75 Å². The van der Waals surface area contributed by atoms with Crippen LogP contribution in [0.15, 0.2) is 6.07 Å². The number of nitrogens with zero attached hydrogens (tertiary/aromatic N) is 1. The molecule has 0 fully saturated rings. The molecule has 0 bridgehead atoms. The van der Waals surface area contributed by atoms with Crippen LogP contribution in [-0.2, 0) is 11.3 Å². The normalized spacial score (nSPS) is 11.2. The largest absolute Gasteiger partial charge is 0.573 e. The Hall–Kier alpha value is -2.03. The highest BCUT2D eigenvalue weighted by atomic mass is 19.4. The van der Waals surface area contributed by atoms with E-state index >= 15 is 0 Å². The van der Waals surface area contributed by atoms with Gasteiger partial charge in [-0.1, -0.05) is 0 Å². The van der Waals surface area contributed by atoms with E-state index in [1.807, 2.05) is 0 Å². The average Bonchev–Trinajstić information content (AvgIpc) is 2.28. The monoisotopic (exact) mass is 265 g/mol. The second kappa shape index (κ2) is 5.08. The summed E-state index contributed by atoms with van der Waals surface area (Å²) in [6, 6.07) is 1.03. The molecule has 0 radical (unpaired) electrons. The summed E-state index contributed by atoms with van der Waals surface area (Å²) in [6.45, 7) is -0.303. The van der Waals surface area contributed by atoms with E-state index in [2.05, 4.69) is 14.5 Å². The third-order valence-electron chi connectivity index (χ3n) is 1.91. The van der Waals surface area contributed by atoms with Crippen LogP contribution in [0.1, 0.15) is 16.1 Å². The van der Waals surface area contributed by atoms with Crippen molar-refractivity contribution in [3.63, 3.8) is 0 Å². The quantitative estimate of drug-likeness (QED) is 0.784. The Balaban J connectivity index is 3.24. The molecule has 9 heteroatoms. The molecule has 0 aliphatic carbocycles. The average molecular weight is 265 g/mol. The smallest absolute Gasteiger partial charge is 0.464 e. The first-order chi connectivity index (χ1) is 8.28. The Morgan fingerprint density at radius 1 is 1.50 bits per heavy atom. The zero-order valence-corrected chi connectivity index (χ0v) is 9.25. The second-order valence-electron chi connectivity index (χ2n) is 3.12. The maximum atomic E-state index is 12.1. The fourth-order valence-corrected chi connectivity index (χ4v) is 1.20. The molecule has 0 unspecified atom stereocenters. The summed E-state index contributed by atoms with van der Waals surface area (Å²) in [5.41, 5.74) is 10.2. The lowest BCUT2D eigenvalue weighted by Gasteiger charge is -2.14. The van der Waals surface area contributed by atoms with Crippen molar-refractivity contribution in [1.29, 1.82) is 0 Å². The van der Waals surface area contributed by atoms with Crippen molar-refractivity contribution >= 4 is 11.8 Å². The molecule has 1 rings (SSSR count). The molecular formula is C9H10F3N3O3. The van der Waals surface area contributed by atoms with E-state index in [0.29, 0.717) is 0 Å². The standard InChI is InChI=1S/C9H10F3N3O3/c1-17-8(16)5-2-4(3-13)6(7(14)15-5)18-9(10,11)12/h2H,3,13H2,1H3,(H2,14,15). The molecule has 0 aromatic carbocycles. The molecule has 1 aromatic heterocycles. The van der Waals surface area contributed by atoms with Gasteiger partial charge in [0.15, 0.2) is 17.3 Å². The molecule has 0 saturated carbocycles. The summed E-state index contributed by atoms with van der Waals surface area (Å²) in [7, 11) is 1.10. The number of carbonyl (C=O) groups is 1. The van der Waals surface area contributed by atoms with Crippen LogP contribution in [0.4, 0.5) is 19.0 Å². The first-order valence-corrected chi connectivity index (χ1v) is 4.62. The molecule has 0 spiro atoms. The first-order valence-electron chi connectivity index (χ1n) is 4.62. The van der Waals surface area contributed by atoms with Crippen LogP contribution < -0.4 is 16.2 Å². The molecule has 6 nitrogen and oxygen atoms in total. The van der Waals surface area contributed by atoms with Gasteiger partial charge >= 0.3 is 12.3 Å².